The molecule has 0 fully saturated rings. The number of nitrogens with one attached hydrogen (secondary N) is 1. The SMILES string of the molecule is CC[C@H](C(=O)NC(C)(C)C)N(Cc1ccccc1Cl)C(=O)CN(c1ccc(OCc2ccccc2)cc1)S(C)(=O)=O. The molecule has 1 atom stereocenters. The van der Waals surface area contributed by atoms with Gasteiger partial charge in [0, 0.05) is 17.1 Å². The predicted octanol–water partition coefficient (Wildman–Crippen LogP) is 5.41. The first-order chi connectivity index (χ1) is 19.3. The molecule has 3 rings (SSSR count). The smallest absolute Gasteiger partial charge is 0.244 e. The maximum Gasteiger partial charge on any atom is 0.244 e. The average Bonchev–Trinajstić information content (AvgIpc) is 2.90. The molecule has 0 saturated heterocycles. The molecule has 0 saturated carbocycles. The number of amides is 2. The van der Waals surface area contributed by atoms with Crippen LogP contribution in [-0.2, 0) is 32.8 Å². The lowest BCUT2D eigenvalue weighted by atomic mass is 10.1. The summed E-state index contributed by atoms with van der Waals surface area (Å²) in [6, 6.07) is 22.4. The Kier molecular flexibility index (Phi) is 10.8. The Morgan fingerprint density at radius 2 is 1.56 bits per heavy atom. The number of carbonyl (C=O) groups is 2. The van der Waals surface area contributed by atoms with Gasteiger partial charge < -0.3 is 15.0 Å². The van der Waals surface area contributed by atoms with Gasteiger partial charge in [0.25, 0.3) is 0 Å². The van der Waals surface area contributed by atoms with Gasteiger partial charge in [-0.3, -0.25) is 13.9 Å². The number of nitrogens with zero attached hydrogens (tertiary/aromatic N) is 2. The van der Waals surface area contributed by atoms with Crippen molar-refractivity contribution >= 4 is 39.1 Å². The van der Waals surface area contributed by atoms with Crippen molar-refractivity contribution in [3.05, 3.63) is 95.0 Å². The molecule has 3 aromatic carbocycles. The molecule has 0 heterocycles. The molecule has 2 amide bonds. The molecule has 8 nitrogen and oxygen atoms in total. The number of hydrogen-bond acceptors (Lipinski definition) is 5. The van der Waals surface area contributed by atoms with Crippen LogP contribution in [0, 0.1) is 0 Å². The largest absolute Gasteiger partial charge is 0.489 e. The zero-order valence-corrected chi connectivity index (χ0v) is 25.7. The van der Waals surface area contributed by atoms with Crippen molar-refractivity contribution in [3.8, 4) is 5.75 Å². The topological polar surface area (TPSA) is 96.0 Å². The van der Waals surface area contributed by atoms with E-state index in [-0.39, 0.29) is 12.5 Å². The molecule has 0 bridgehead atoms. The second kappa shape index (κ2) is 13.9. The summed E-state index contributed by atoms with van der Waals surface area (Å²) in [6.45, 7) is 7.29. The summed E-state index contributed by atoms with van der Waals surface area (Å²) < 4.78 is 32.6. The summed E-state index contributed by atoms with van der Waals surface area (Å²) in [4.78, 5) is 28.5. The Morgan fingerprint density at radius 3 is 2.12 bits per heavy atom. The first kappa shape index (κ1) is 32.0. The van der Waals surface area contributed by atoms with E-state index in [2.05, 4.69) is 5.32 Å². The van der Waals surface area contributed by atoms with E-state index >= 15 is 0 Å². The van der Waals surface area contributed by atoms with Gasteiger partial charge >= 0.3 is 0 Å². The van der Waals surface area contributed by atoms with Crippen molar-refractivity contribution in [1.82, 2.24) is 10.2 Å². The molecule has 3 aromatic rings. The lowest BCUT2D eigenvalue weighted by Crippen LogP contribution is -2.55. The van der Waals surface area contributed by atoms with Gasteiger partial charge in [0.05, 0.1) is 11.9 Å². The zero-order valence-electron chi connectivity index (χ0n) is 24.1. The van der Waals surface area contributed by atoms with Crippen LogP contribution in [0.2, 0.25) is 5.02 Å². The minimum atomic E-state index is -3.86. The summed E-state index contributed by atoms with van der Waals surface area (Å²) in [6.07, 6.45) is 1.37. The maximum absolute atomic E-state index is 13.9. The Bertz CT molecular complexity index is 1420. The molecule has 0 radical (unpaired) electrons. The van der Waals surface area contributed by atoms with Crippen molar-refractivity contribution in [2.75, 3.05) is 17.1 Å². The second-order valence-corrected chi connectivity index (χ2v) is 13.1. The normalized spacial score (nSPS) is 12.3. The fourth-order valence-corrected chi connectivity index (χ4v) is 5.29. The third-order valence-electron chi connectivity index (χ3n) is 6.23. The highest BCUT2D eigenvalue weighted by Crippen LogP contribution is 2.25. The Labute approximate surface area is 248 Å². The number of hydrogen-bond donors (Lipinski definition) is 1. The average molecular weight is 600 g/mol. The highest BCUT2D eigenvalue weighted by atomic mass is 35.5. The first-order valence-corrected chi connectivity index (χ1v) is 15.6. The van der Waals surface area contributed by atoms with Crippen LogP contribution < -0.4 is 14.4 Å². The first-order valence-electron chi connectivity index (χ1n) is 13.4. The number of sulfonamides is 1. The second-order valence-electron chi connectivity index (χ2n) is 10.8. The minimum Gasteiger partial charge on any atom is -0.489 e. The van der Waals surface area contributed by atoms with Crippen molar-refractivity contribution < 1.29 is 22.7 Å². The molecule has 10 heteroatoms. The van der Waals surface area contributed by atoms with Crippen LogP contribution in [0.4, 0.5) is 5.69 Å². The van der Waals surface area contributed by atoms with Crippen LogP contribution in [0.1, 0.15) is 45.2 Å². The zero-order chi connectivity index (χ0) is 30.2. The summed E-state index contributed by atoms with van der Waals surface area (Å²) in [5.41, 5.74) is 1.43. The molecule has 220 valence electrons. The van der Waals surface area contributed by atoms with Gasteiger partial charge in [0.2, 0.25) is 21.8 Å². The number of carbonyl (C=O) groups excluding carboxylic acids is 2. The Morgan fingerprint density at radius 1 is 0.951 bits per heavy atom. The number of benzene rings is 3. The summed E-state index contributed by atoms with van der Waals surface area (Å²) >= 11 is 6.40. The number of rotatable bonds is 12. The lowest BCUT2D eigenvalue weighted by Gasteiger charge is -2.34. The Hall–Kier alpha value is -3.56. The van der Waals surface area contributed by atoms with Gasteiger partial charge in [0.1, 0.15) is 24.9 Å². The molecule has 0 aliphatic heterocycles. The van der Waals surface area contributed by atoms with Gasteiger partial charge in [-0.25, -0.2) is 8.42 Å². The van der Waals surface area contributed by atoms with E-state index in [1.165, 1.54) is 4.90 Å². The van der Waals surface area contributed by atoms with Gasteiger partial charge in [0.15, 0.2) is 0 Å². The fourth-order valence-electron chi connectivity index (χ4n) is 4.25. The standard InChI is InChI=1S/C31H38ClN3O5S/c1-6-28(30(37)33-31(2,3)4)34(20-24-14-10-11-15-27(24)32)29(36)21-35(41(5,38)39)25-16-18-26(19-17-25)40-22-23-12-8-7-9-13-23/h7-19,28H,6,20-22H2,1-5H3,(H,33,37)/t28-/m1/s1. The van der Waals surface area contributed by atoms with Gasteiger partial charge in [-0.15, -0.1) is 0 Å². The van der Waals surface area contributed by atoms with E-state index in [0.717, 1.165) is 16.1 Å². The minimum absolute atomic E-state index is 0.0401. The number of halogens is 1. The van der Waals surface area contributed by atoms with Crippen molar-refractivity contribution in [2.45, 2.75) is 58.8 Å². The molecular formula is C31H38ClN3O5S. The van der Waals surface area contributed by atoms with Crippen LogP contribution in [0.25, 0.3) is 0 Å². The van der Waals surface area contributed by atoms with E-state index in [1.807, 2.05) is 58.0 Å². The van der Waals surface area contributed by atoms with E-state index in [4.69, 9.17) is 16.3 Å². The molecule has 0 aliphatic carbocycles. The van der Waals surface area contributed by atoms with Crippen LogP contribution in [0.3, 0.4) is 0 Å². The third kappa shape index (κ3) is 9.50. The molecule has 0 aliphatic rings. The van der Waals surface area contributed by atoms with Gasteiger partial charge in [-0.1, -0.05) is 67.1 Å². The maximum atomic E-state index is 13.9. The predicted molar refractivity (Wildman–Crippen MR) is 163 cm³/mol. The van der Waals surface area contributed by atoms with E-state index in [0.29, 0.717) is 35.1 Å². The molecule has 0 spiro atoms. The fraction of sp³-hybridized carbons (Fsp3) is 0.355. The number of ether oxygens (including phenoxy) is 1. The van der Waals surface area contributed by atoms with E-state index < -0.39 is 34.1 Å². The van der Waals surface area contributed by atoms with Crippen molar-refractivity contribution in [2.24, 2.45) is 0 Å². The van der Waals surface area contributed by atoms with E-state index in [1.54, 1.807) is 48.5 Å². The molecule has 0 aromatic heterocycles. The number of anilines is 1. The summed E-state index contributed by atoms with van der Waals surface area (Å²) in [7, 11) is -3.86. The van der Waals surface area contributed by atoms with Gasteiger partial charge in [-0.05, 0) is 68.7 Å². The van der Waals surface area contributed by atoms with E-state index in [9.17, 15) is 18.0 Å². The summed E-state index contributed by atoms with van der Waals surface area (Å²) in [5.74, 6) is -0.301. The molecular weight excluding hydrogens is 562 g/mol. The Balaban J connectivity index is 1.87. The quantitative estimate of drug-likeness (QED) is 0.300. The van der Waals surface area contributed by atoms with Crippen molar-refractivity contribution in [1.29, 1.82) is 0 Å². The van der Waals surface area contributed by atoms with Crippen molar-refractivity contribution in [3.63, 3.8) is 0 Å². The van der Waals surface area contributed by atoms with Crippen LogP contribution in [0.15, 0.2) is 78.9 Å². The lowest BCUT2D eigenvalue weighted by molar-refractivity contribution is -0.141. The highest BCUT2D eigenvalue weighted by molar-refractivity contribution is 7.92. The molecule has 0 unspecified atom stereocenters. The molecule has 41 heavy (non-hydrogen) atoms. The monoisotopic (exact) mass is 599 g/mol. The molecule has 1 N–H and O–H groups in total. The summed E-state index contributed by atoms with van der Waals surface area (Å²) in [5, 5.41) is 3.39. The third-order valence-corrected chi connectivity index (χ3v) is 7.74. The van der Waals surface area contributed by atoms with Crippen LogP contribution in [0.5, 0.6) is 5.75 Å². The van der Waals surface area contributed by atoms with Crippen LogP contribution >= 0.6 is 11.6 Å². The highest BCUT2D eigenvalue weighted by Gasteiger charge is 2.33. The van der Waals surface area contributed by atoms with Crippen LogP contribution in [-0.4, -0.2) is 49.5 Å². The van der Waals surface area contributed by atoms with Gasteiger partial charge in [-0.2, -0.15) is 0 Å².